The highest BCUT2D eigenvalue weighted by Gasteiger charge is 2.04. The molecule has 0 N–H and O–H groups in total. The topological polar surface area (TPSA) is 47.6 Å². The van der Waals surface area contributed by atoms with Crippen molar-refractivity contribution in [3.63, 3.8) is 0 Å². The van der Waals surface area contributed by atoms with Crippen LogP contribution in [-0.2, 0) is 0 Å². The molecule has 0 spiro atoms. The van der Waals surface area contributed by atoms with Crippen molar-refractivity contribution in [1.29, 1.82) is 10.5 Å². The minimum Gasteiger partial charge on any atom is -0.192 e. The fourth-order valence-corrected chi connectivity index (χ4v) is 3.27. The number of nitriles is 2. The molecule has 0 unspecified atom stereocenters. The zero-order valence-corrected chi connectivity index (χ0v) is 10.7. The van der Waals surface area contributed by atoms with Crippen molar-refractivity contribution in [3.8, 4) is 21.9 Å². The highest BCUT2D eigenvalue weighted by molar-refractivity contribution is 7.22. The summed E-state index contributed by atoms with van der Waals surface area (Å²) >= 11 is 3.33. The highest BCUT2D eigenvalue weighted by Crippen LogP contribution is 2.33. The summed E-state index contributed by atoms with van der Waals surface area (Å²) in [5.41, 5.74) is 0.140. The molecule has 0 radical (unpaired) electrons. The van der Waals surface area contributed by atoms with Crippen molar-refractivity contribution in [3.05, 3.63) is 39.6 Å². The van der Waals surface area contributed by atoms with E-state index in [9.17, 15) is 0 Å². The van der Waals surface area contributed by atoms with Gasteiger partial charge < -0.3 is 0 Å². The molecule has 2 nitrogen and oxygen atoms in total. The first-order valence-electron chi connectivity index (χ1n) is 4.91. The van der Waals surface area contributed by atoms with E-state index in [1.54, 1.807) is 28.7 Å². The molecule has 0 aliphatic carbocycles. The largest absolute Gasteiger partial charge is 0.192 e. The number of nitrogens with zero attached hydrogens (tertiary/aromatic N) is 2. The molecule has 2 heterocycles. The summed E-state index contributed by atoms with van der Waals surface area (Å²) < 4.78 is 0. The van der Waals surface area contributed by atoms with Crippen LogP contribution in [0.25, 0.3) is 15.8 Å². The lowest BCUT2D eigenvalue weighted by molar-refractivity contribution is 1.47. The SMILES string of the molecule is Cc1ccc(-c2ccc(C=C(C#N)C#N)s2)s1. The molecule has 2 aromatic heterocycles. The number of thiophene rings is 2. The maximum absolute atomic E-state index is 8.68. The molecule has 17 heavy (non-hydrogen) atoms. The smallest absolute Gasteiger partial charge is 0.131 e. The molecule has 0 saturated carbocycles. The Morgan fingerprint density at radius 3 is 2.29 bits per heavy atom. The Bertz CT molecular complexity index is 632. The van der Waals surface area contributed by atoms with E-state index in [2.05, 4.69) is 19.1 Å². The average molecular weight is 256 g/mol. The van der Waals surface area contributed by atoms with Crippen LogP contribution in [0.3, 0.4) is 0 Å². The molecule has 0 fully saturated rings. The predicted molar refractivity (Wildman–Crippen MR) is 71.6 cm³/mol. The maximum atomic E-state index is 8.68. The van der Waals surface area contributed by atoms with Gasteiger partial charge in [-0.1, -0.05) is 0 Å². The Kier molecular flexibility index (Phi) is 3.39. The fourth-order valence-electron chi connectivity index (χ4n) is 1.36. The molecule has 0 atom stereocenters. The van der Waals surface area contributed by atoms with Gasteiger partial charge >= 0.3 is 0 Å². The first-order chi connectivity index (χ1) is 8.22. The fraction of sp³-hybridized carbons (Fsp3) is 0.0769. The molecule has 0 bridgehead atoms. The predicted octanol–water partition coefficient (Wildman–Crippen LogP) is 4.22. The van der Waals surface area contributed by atoms with Gasteiger partial charge in [0.15, 0.2) is 0 Å². The van der Waals surface area contributed by atoms with Crippen LogP contribution in [0, 0.1) is 29.6 Å². The second-order valence-corrected chi connectivity index (χ2v) is 5.80. The van der Waals surface area contributed by atoms with Gasteiger partial charge in [-0.25, -0.2) is 0 Å². The molecule has 0 aliphatic rings. The summed E-state index contributed by atoms with van der Waals surface area (Å²) in [5.74, 6) is 0. The van der Waals surface area contributed by atoms with E-state index in [0.717, 1.165) is 4.88 Å². The van der Waals surface area contributed by atoms with Gasteiger partial charge in [0.05, 0.1) is 0 Å². The van der Waals surface area contributed by atoms with Gasteiger partial charge in [-0.2, -0.15) is 10.5 Å². The first-order valence-corrected chi connectivity index (χ1v) is 6.55. The van der Waals surface area contributed by atoms with Gasteiger partial charge in [0.2, 0.25) is 0 Å². The van der Waals surface area contributed by atoms with E-state index in [0.29, 0.717) is 0 Å². The maximum Gasteiger partial charge on any atom is 0.131 e. The standard InChI is InChI=1S/C13H8N2S2/c1-9-2-4-12(16-9)13-5-3-11(17-13)6-10(7-14)8-15/h2-6H,1H3. The quantitative estimate of drug-likeness (QED) is 0.755. The van der Waals surface area contributed by atoms with Gasteiger partial charge in [-0.15, -0.1) is 22.7 Å². The second kappa shape index (κ2) is 4.97. The van der Waals surface area contributed by atoms with E-state index in [1.807, 2.05) is 24.3 Å². The number of rotatable bonds is 2. The average Bonchev–Trinajstić information content (AvgIpc) is 2.94. The van der Waals surface area contributed by atoms with Crippen molar-refractivity contribution < 1.29 is 0 Å². The summed E-state index contributed by atoms with van der Waals surface area (Å²) in [7, 11) is 0. The van der Waals surface area contributed by atoms with E-state index in [-0.39, 0.29) is 5.57 Å². The molecule has 2 rings (SSSR count). The Morgan fingerprint density at radius 2 is 1.71 bits per heavy atom. The molecular formula is C13H8N2S2. The third-order valence-electron chi connectivity index (χ3n) is 2.14. The Balaban J connectivity index is 2.32. The molecule has 4 heteroatoms. The van der Waals surface area contributed by atoms with Crippen LogP contribution in [0.5, 0.6) is 0 Å². The Labute approximate surface area is 108 Å². The minimum absolute atomic E-state index is 0.140. The van der Waals surface area contributed by atoms with Gasteiger partial charge in [-0.05, 0) is 37.3 Å². The van der Waals surface area contributed by atoms with Crippen molar-refractivity contribution in [2.24, 2.45) is 0 Å². The van der Waals surface area contributed by atoms with Crippen LogP contribution in [0.1, 0.15) is 9.75 Å². The van der Waals surface area contributed by atoms with Crippen LogP contribution in [0.2, 0.25) is 0 Å². The van der Waals surface area contributed by atoms with Crippen molar-refractivity contribution in [2.45, 2.75) is 6.92 Å². The van der Waals surface area contributed by atoms with Crippen LogP contribution in [-0.4, -0.2) is 0 Å². The van der Waals surface area contributed by atoms with Gasteiger partial charge in [-0.3, -0.25) is 0 Å². The van der Waals surface area contributed by atoms with Gasteiger partial charge in [0.25, 0.3) is 0 Å². The zero-order chi connectivity index (χ0) is 12.3. The van der Waals surface area contributed by atoms with E-state index in [4.69, 9.17) is 10.5 Å². The molecule has 82 valence electrons. The lowest BCUT2D eigenvalue weighted by atomic mass is 10.3. The van der Waals surface area contributed by atoms with Crippen LogP contribution in [0.15, 0.2) is 29.8 Å². The monoisotopic (exact) mass is 256 g/mol. The summed E-state index contributed by atoms with van der Waals surface area (Å²) in [6.45, 7) is 2.08. The van der Waals surface area contributed by atoms with E-state index < -0.39 is 0 Å². The number of aryl methyl sites for hydroxylation is 1. The third-order valence-corrected chi connectivity index (χ3v) is 4.37. The van der Waals surface area contributed by atoms with Gasteiger partial charge in [0, 0.05) is 19.5 Å². The lowest BCUT2D eigenvalue weighted by Gasteiger charge is -1.88. The first kappa shape index (κ1) is 11.6. The van der Waals surface area contributed by atoms with Crippen LogP contribution >= 0.6 is 22.7 Å². The Morgan fingerprint density at radius 1 is 1.06 bits per heavy atom. The van der Waals surface area contributed by atoms with E-state index in [1.165, 1.54) is 14.6 Å². The van der Waals surface area contributed by atoms with Gasteiger partial charge in [0.1, 0.15) is 17.7 Å². The summed E-state index contributed by atoms with van der Waals surface area (Å²) in [4.78, 5) is 4.61. The van der Waals surface area contributed by atoms with Crippen molar-refractivity contribution in [1.82, 2.24) is 0 Å². The van der Waals surface area contributed by atoms with Crippen LogP contribution in [0.4, 0.5) is 0 Å². The molecule has 0 aromatic carbocycles. The number of hydrogen-bond donors (Lipinski definition) is 0. The number of hydrogen-bond acceptors (Lipinski definition) is 4. The third kappa shape index (κ3) is 2.62. The molecule has 0 aliphatic heterocycles. The Hall–Kier alpha value is -1.88. The molecule has 2 aromatic rings. The van der Waals surface area contributed by atoms with E-state index >= 15 is 0 Å². The lowest BCUT2D eigenvalue weighted by Crippen LogP contribution is -1.68. The molecule has 0 amide bonds. The molecular weight excluding hydrogens is 248 g/mol. The zero-order valence-electron chi connectivity index (χ0n) is 9.10. The molecule has 0 saturated heterocycles. The van der Waals surface area contributed by atoms with Crippen LogP contribution < -0.4 is 0 Å². The number of allylic oxidation sites excluding steroid dienone is 1. The highest BCUT2D eigenvalue weighted by atomic mass is 32.1. The summed E-state index contributed by atoms with van der Waals surface area (Å²) in [6, 6.07) is 11.9. The normalized spacial score (nSPS) is 9.35. The second-order valence-electron chi connectivity index (χ2n) is 3.39. The summed E-state index contributed by atoms with van der Waals surface area (Å²) in [5, 5.41) is 17.4. The van der Waals surface area contributed by atoms with Crippen molar-refractivity contribution >= 4 is 28.7 Å². The summed E-state index contributed by atoms with van der Waals surface area (Å²) in [6.07, 6.45) is 1.62. The van der Waals surface area contributed by atoms with Crippen molar-refractivity contribution in [2.75, 3.05) is 0 Å². The minimum atomic E-state index is 0.140.